The van der Waals surface area contributed by atoms with E-state index in [1.807, 2.05) is 20.8 Å². The van der Waals surface area contributed by atoms with Gasteiger partial charge in [0, 0.05) is 19.2 Å². The molecule has 0 radical (unpaired) electrons. The van der Waals surface area contributed by atoms with Gasteiger partial charge in [-0.25, -0.2) is 0 Å². The van der Waals surface area contributed by atoms with Gasteiger partial charge in [0.25, 0.3) is 0 Å². The van der Waals surface area contributed by atoms with Crippen LogP contribution in [0.2, 0.25) is 0 Å². The Hall–Kier alpha value is -0.610. The third kappa shape index (κ3) is 4.64. The number of hydrogen-bond donors (Lipinski definition) is 2. The van der Waals surface area contributed by atoms with Crippen LogP contribution < -0.4 is 10.6 Å². The molecular formula is C13H26N2O2. The zero-order valence-corrected chi connectivity index (χ0v) is 11.5. The van der Waals surface area contributed by atoms with Gasteiger partial charge >= 0.3 is 0 Å². The maximum Gasteiger partial charge on any atom is 0.237 e. The molecular weight excluding hydrogens is 216 g/mol. The summed E-state index contributed by atoms with van der Waals surface area (Å²) in [4.78, 5) is 11.7. The van der Waals surface area contributed by atoms with Gasteiger partial charge in [0.05, 0.1) is 12.1 Å². The molecule has 3 unspecified atom stereocenters. The topological polar surface area (TPSA) is 50.4 Å². The van der Waals surface area contributed by atoms with Crippen molar-refractivity contribution < 1.29 is 9.53 Å². The molecule has 0 aromatic carbocycles. The SMILES string of the molecule is CCC1OCCC1CNC(C)C(=O)NC(C)C. The minimum atomic E-state index is -0.129. The van der Waals surface area contributed by atoms with Crippen LogP contribution in [0.3, 0.4) is 0 Å². The lowest BCUT2D eigenvalue weighted by molar-refractivity contribution is -0.123. The summed E-state index contributed by atoms with van der Waals surface area (Å²) >= 11 is 0. The third-order valence-corrected chi connectivity index (χ3v) is 3.26. The van der Waals surface area contributed by atoms with E-state index >= 15 is 0 Å². The average molecular weight is 242 g/mol. The van der Waals surface area contributed by atoms with E-state index in [-0.39, 0.29) is 18.0 Å². The summed E-state index contributed by atoms with van der Waals surface area (Å²) in [5.74, 6) is 0.626. The highest BCUT2D eigenvalue weighted by Gasteiger charge is 2.27. The van der Waals surface area contributed by atoms with Crippen molar-refractivity contribution in [2.75, 3.05) is 13.2 Å². The molecule has 1 fully saturated rings. The molecule has 1 aliphatic rings. The number of hydrogen-bond acceptors (Lipinski definition) is 3. The number of carbonyl (C=O) groups excluding carboxylic acids is 1. The van der Waals surface area contributed by atoms with E-state index in [4.69, 9.17) is 4.74 Å². The molecule has 0 bridgehead atoms. The van der Waals surface area contributed by atoms with Gasteiger partial charge in [-0.2, -0.15) is 0 Å². The van der Waals surface area contributed by atoms with Crippen molar-refractivity contribution in [3.63, 3.8) is 0 Å². The third-order valence-electron chi connectivity index (χ3n) is 3.26. The summed E-state index contributed by atoms with van der Waals surface area (Å²) in [5, 5.41) is 6.21. The highest BCUT2D eigenvalue weighted by atomic mass is 16.5. The lowest BCUT2D eigenvalue weighted by Gasteiger charge is -2.21. The van der Waals surface area contributed by atoms with Crippen molar-refractivity contribution in [1.29, 1.82) is 0 Å². The highest BCUT2D eigenvalue weighted by Crippen LogP contribution is 2.22. The summed E-state index contributed by atoms with van der Waals surface area (Å²) in [6, 6.07) is 0.0699. The second kappa shape index (κ2) is 6.97. The van der Waals surface area contributed by atoms with Crippen LogP contribution in [0.1, 0.15) is 40.5 Å². The largest absolute Gasteiger partial charge is 0.378 e. The Balaban J connectivity index is 2.27. The number of carbonyl (C=O) groups is 1. The van der Waals surface area contributed by atoms with E-state index in [1.165, 1.54) is 0 Å². The molecule has 0 spiro atoms. The van der Waals surface area contributed by atoms with Gasteiger partial charge in [0.2, 0.25) is 5.91 Å². The molecule has 4 heteroatoms. The summed E-state index contributed by atoms with van der Waals surface area (Å²) in [6.07, 6.45) is 2.52. The summed E-state index contributed by atoms with van der Waals surface area (Å²) in [6.45, 7) is 9.74. The zero-order valence-electron chi connectivity index (χ0n) is 11.5. The molecule has 0 aromatic heterocycles. The molecule has 100 valence electrons. The van der Waals surface area contributed by atoms with Crippen LogP contribution in [0.4, 0.5) is 0 Å². The molecule has 1 amide bonds. The van der Waals surface area contributed by atoms with Crippen molar-refractivity contribution in [2.24, 2.45) is 5.92 Å². The minimum absolute atomic E-state index is 0.0759. The van der Waals surface area contributed by atoms with Gasteiger partial charge in [0.15, 0.2) is 0 Å². The Bertz CT molecular complexity index is 244. The van der Waals surface area contributed by atoms with Crippen LogP contribution in [0.25, 0.3) is 0 Å². The van der Waals surface area contributed by atoms with Crippen molar-refractivity contribution in [1.82, 2.24) is 10.6 Å². The van der Waals surface area contributed by atoms with Crippen LogP contribution >= 0.6 is 0 Å². The van der Waals surface area contributed by atoms with Gasteiger partial charge in [-0.05, 0) is 39.5 Å². The van der Waals surface area contributed by atoms with Gasteiger partial charge in [0.1, 0.15) is 0 Å². The monoisotopic (exact) mass is 242 g/mol. The first kappa shape index (κ1) is 14.5. The molecule has 17 heavy (non-hydrogen) atoms. The standard InChI is InChI=1S/C13H26N2O2/c1-5-12-11(6-7-17-12)8-14-10(4)13(16)15-9(2)3/h9-12,14H,5-8H2,1-4H3,(H,15,16). The Morgan fingerprint density at radius 1 is 1.41 bits per heavy atom. The Morgan fingerprint density at radius 2 is 2.12 bits per heavy atom. The normalized spacial score (nSPS) is 26.2. The Morgan fingerprint density at radius 3 is 2.71 bits per heavy atom. The average Bonchev–Trinajstić information content (AvgIpc) is 2.72. The quantitative estimate of drug-likeness (QED) is 0.738. The molecule has 3 atom stereocenters. The molecule has 0 aromatic rings. The van der Waals surface area contributed by atoms with E-state index in [2.05, 4.69) is 17.6 Å². The number of nitrogens with one attached hydrogen (secondary N) is 2. The number of amides is 1. The first-order valence-electron chi connectivity index (χ1n) is 6.70. The van der Waals surface area contributed by atoms with Gasteiger partial charge < -0.3 is 15.4 Å². The molecule has 2 N–H and O–H groups in total. The van der Waals surface area contributed by atoms with Gasteiger partial charge in [-0.15, -0.1) is 0 Å². The summed E-state index contributed by atoms with van der Waals surface area (Å²) in [5.41, 5.74) is 0. The summed E-state index contributed by atoms with van der Waals surface area (Å²) < 4.78 is 5.63. The lowest BCUT2D eigenvalue weighted by atomic mass is 9.99. The van der Waals surface area contributed by atoms with Crippen LogP contribution in [0.5, 0.6) is 0 Å². The minimum Gasteiger partial charge on any atom is -0.378 e. The predicted octanol–water partition coefficient (Wildman–Crippen LogP) is 1.30. The molecule has 0 aliphatic carbocycles. The van der Waals surface area contributed by atoms with Crippen molar-refractivity contribution in [3.05, 3.63) is 0 Å². The molecule has 4 nitrogen and oxygen atoms in total. The fraction of sp³-hybridized carbons (Fsp3) is 0.923. The maximum absolute atomic E-state index is 11.7. The van der Waals surface area contributed by atoms with E-state index in [9.17, 15) is 4.79 Å². The second-order valence-electron chi connectivity index (χ2n) is 5.16. The van der Waals surface area contributed by atoms with Crippen molar-refractivity contribution in [2.45, 2.75) is 58.7 Å². The predicted molar refractivity (Wildman–Crippen MR) is 68.9 cm³/mol. The van der Waals surface area contributed by atoms with Crippen LogP contribution in [0, 0.1) is 5.92 Å². The molecule has 0 saturated carbocycles. The molecule has 1 saturated heterocycles. The van der Waals surface area contributed by atoms with Crippen LogP contribution in [0.15, 0.2) is 0 Å². The maximum atomic E-state index is 11.7. The zero-order chi connectivity index (χ0) is 12.8. The Kier molecular flexibility index (Phi) is 5.92. The number of ether oxygens (including phenoxy) is 1. The number of rotatable bonds is 6. The second-order valence-corrected chi connectivity index (χ2v) is 5.16. The van der Waals surface area contributed by atoms with Crippen molar-refractivity contribution >= 4 is 5.91 Å². The Labute approximate surface area is 104 Å². The highest BCUT2D eigenvalue weighted by molar-refractivity contribution is 5.81. The molecule has 1 aliphatic heterocycles. The lowest BCUT2D eigenvalue weighted by Crippen LogP contribution is -2.46. The van der Waals surface area contributed by atoms with Gasteiger partial charge in [-0.1, -0.05) is 6.92 Å². The fourth-order valence-electron chi connectivity index (χ4n) is 2.21. The van der Waals surface area contributed by atoms with Crippen molar-refractivity contribution in [3.8, 4) is 0 Å². The smallest absolute Gasteiger partial charge is 0.237 e. The van der Waals surface area contributed by atoms with E-state index in [0.29, 0.717) is 12.0 Å². The molecule has 1 rings (SSSR count). The van der Waals surface area contributed by atoms with E-state index in [0.717, 1.165) is 26.0 Å². The van der Waals surface area contributed by atoms with Crippen LogP contribution in [-0.2, 0) is 9.53 Å². The van der Waals surface area contributed by atoms with Crippen LogP contribution in [-0.4, -0.2) is 37.2 Å². The summed E-state index contributed by atoms with van der Waals surface area (Å²) in [7, 11) is 0. The first-order valence-corrected chi connectivity index (χ1v) is 6.70. The van der Waals surface area contributed by atoms with E-state index in [1.54, 1.807) is 0 Å². The first-order chi connectivity index (χ1) is 8.04. The fourth-order valence-corrected chi connectivity index (χ4v) is 2.21. The van der Waals surface area contributed by atoms with Gasteiger partial charge in [-0.3, -0.25) is 4.79 Å². The van der Waals surface area contributed by atoms with E-state index < -0.39 is 0 Å². The molecule has 1 heterocycles.